The Labute approximate surface area is 153 Å². The molecule has 24 heavy (non-hydrogen) atoms. The molecule has 0 aliphatic carbocycles. The van der Waals surface area contributed by atoms with Crippen LogP contribution < -0.4 is 4.90 Å². The van der Waals surface area contributed by atoms with Crippen molar-refractivity contribution in [1.82, 2.24) is 0 Å². The van der Waals surface area contributed by atoms with E-state index in [1.165, 1.54) is 11.1 Å². The zero-order valence-electron chi connectivity index (χ0n) is 14.0. The minimum Gasteiger partial charge on any atom is -0.309 e. The summed E-state index contributed by atoms with van der Waals surface area (Å²) < 4.78 is 0. The average molecular weight is 356 g/mol. The first-order chi connectivity index (χ1) is 11.5. The molecule has 3 heteroatoms. The molecule has 0 aliphatic heterocycles. The minimum absolute atomic E-state index is 0.559. The van der Waals surface area contributed by atoms with Crippen molar-refractivity contribution in [3.8, 4) is 0 Å². The molecule has 0 heterocycles. The second-order valence-corrected chi connectivity index (χ2v) is 6.87. The summed E-state index contributed by atoms with van der Waals surface area (Å²) in [4.78, 5) is 2.14. The van der Waals surface area contributed by atoms with Gasteiger partial charge in [-0.05, 0) is 62.7 Å². The van der Waals surface area contributed by atoms with Crippen molar-refractivity contribution in [3.05, 3.63) is 87.4 Å². The minimum atomic E-state index is 0.559. The Hall–Kier alpha value is -1.96. The molecule has 3 aromatic carbocycles. The van der Waals surface area contributed by atoms with Crippen LogP contribution in [0.25, 0.3) is 0 Å². The van der Waals surface area contributed by atoms with Crippen LogP contribution in [0.15, 0.2) is 60.7 Å². The molecular weight excluding hydrogens is 337 g/mol. The fourth-order valence-electron chi connectivity index (χ4n) is 2.68. The van der Waals surface area contributed by atoms with Crippen molar-refractivity contribution in [3.63, 3.8) is 0 Å². The smallest absolute Gasteiger partial charge is 0.0832 e. The van der Waals surface area contributed by atoms with Gasteiger partial charge in [0.2, 0.25) is 0 Å². The first-order valence-electron chi connectivity index (χ1n) is 7.85. The molecule has 0 spiro atoms. The number of benzene rings is 3. The summed E-state index contributed by atoms with van der Waals surface area (Å²) in [5, 5.41) is 1.12. The number of nitrogens with zero attached hydrogens (tertiary/aromatic N) is 1. The van der Waals surface area contributed by atoms with E-state index in [1.54, 1.807) is 0 Å². The number of halogens is 2. The Morgan fingerprint density at radius 3 is 1.54 bits per heavy atom. The molecule has 0 bridgehead atoms. The molecule has 3 rings (SSSR count). The zero-order valence-corrected chi connectivity index (χ0v) is 15.5. The summed E-state index contributed by atoms with van der Waals surface area (Å²) in [5.41, 5.74) is 6.49. The quantitative estimate of drug-likeness (QED) is 0.473. The van der Waals surface area contributed by atoms with Gasteiger partial charge in [0, 0.05) is 11.4 Å². The van der Waals surface area contributed by atoms with Crippen LogP contribution in [0.5, 0.6) is 0 Å². The molecule has 0 N–H and O–H groups in total. The van der Waals surface area contributed by atoms with Crippen LogP contribution in [0, 0.1) is 20.8 Å². The molecular formula is C21H19Cl2N. The molecule has 0 saturated heterocycles. The first kappa shape index (κ1) is 16.9. The van der Waals surface area contributed by atoms with Crippen LogP contribution in [0.1, 0.15) is 16.7 Å². The Morgan fingerprint density at radius 2 is 1.08 bits per heavy atom. The Kier molecular flexibility index (Phi) is 4.84. The van der Waals surface area contributed by atoms with Crippen molar-refractivity contribution in [1.29, 1.82) is 0 Å². The molecule has 3 aromatic rings. The third-order valence-electron chi connectivity index (χ3n) is 3.98. The third kappa shape index (κ3) is 3.43. The van der Waals surface area contributed by atoms with Crippen molar-refractivity contribution >= 4 is 40.3 Å². The number of anilines is 3. The van der Waals surface area contributed by atoms with E-state index in [0.29, 0.717) is 10.0 Å². The van der Waals surface area contributed by atoms with E-state index < -0.39 is 0 Å². The third-order valence-corrected chi connectivity index (χ3v) is 4.77. The van der Waals surface area contributed by atoms with Gasteiger partial charge in [-0.2, -0.15) is 0 Å². The van der Waals surface area contributed by atoms with Crippen molar-refractivity contribution < 1.29 is 0 Å². The molecule has 0 radical (unpaired) electrons. The van der Waals surface area contributed by atoms with E-state index in [-0.39, 0.29) is 0 Å². The van der Waals surface area contributed by atoms with E-state index in [4.69, 9.17) is 23.2 Å². The van der Waals surface area contributed by atoms with E-state index in [1.807, 2.05) is 13.0 Å². The van der Waals surface area contributed by atoms with Gasteiger partial charge in [0.25, 0.3) is 0 Å². The SMILES string of the molecule is Cc1ccc(N(c2ccc(C)cc2)c2cc(C)cc(Cl)c2Cl)cc1. The van der Waals surface area contributed by atoms with Gasteiger partial charge in [-0.25, -0.2) is 0 Å². The van der Waals surface area contributed by atoms with Crippen LogP contribution in [-0.4, -0.2) is 0 Å². The number of hydrogen-bond donors (Lipinski definition) is 0. The lowest BCUT2D eigenvalue weighted by Gasteiger charge is -2.27. The summed E-state index contributed by atoms with van der Waals surface area (Å²) in [6.45, 7) is 6.18. The fourth-order valence-corrected chi connectivity index (χ4v) is 3.15. The monoisotopic (exact) mass is 355 g/mol. The van der Waals surface area contributed by atoms with E-state index in [0.717, 1.165) is 22.6 Å². The second kappa shape index (κ2) is 6.88. The normalized spacial score (nSPS) is 10.7. The topological polar surface area (TPSA) is 3.24 Å². The lowest BCUT2D eigenvalue weighted by Crippen LogP contribution is -2.11. The van der Waals surface area contributed by atoms with Gasteiger partial charge in [-0.15, -0.1) is 0 Å². The van der Waals surface area contributed by atoms with Crippen LogP contribution in [0.2, 0.25) is 10.0 Å². The van der Waals surface area contributed by atoms with E-state index >= 15 is 0 Å². The van der Waals surface area contributed by atoms with Gasteiger partial charge in [0.15, 0.2) is 0 Å². The standard InChI is InChI=1S/C21H19Cl2N/c1-14-4-8-17(9-5-14)24(18-10-6-15(2)7-11-18)20-13-16(3)12-19(22)21(20)23/h4-13H,1-3H3. The highest BCUT2D eigenvalue weighted by molar-refractivity contribution is 6.44. The summed E-state index contributed by atoms with van der Waals surface area (Å²) in [7, 11) is 0. The molecule has 1 nitrogen and oxygen atoms in total. The first-order valence-corrected chi connectivity index (χ1v) is 8.60. The van der Waals surface area contributed by atoms with Crippen molar-refractivity contribution in [2.24, 2.45) is 0 Å². The van der Waals surface area contributed by atoms with E-state index in [2.05, 4.69) is 73.3 Å². The van der Waals surface area contributed by atoms with Crippen LogP contribution in [-0.2, 0) is 0 Å². The van der Waals surface area contributed by atoms with Crippen molar-refractivity contribution in [2.75, 3.05) is 4.90 Å². The highest BCUT2D eigenvalue weighted by Crippen LogP contribution is 2.42. The molecule has 122 valence electrons. The van der Waals surface area contributed by atoms with Crippen LogP contribution >= 0.6 is 23.2 Å². The van der Waals surface area contributed by atoms with Gasteiger partial charge >= 0.3 is 0 Å². The largest absolute Gasteiger partial charge is 0.309 e. The molecule has 0 aromatic heterocycles. The number of hydrogen-bond acceptors (Lipinski definition) is 1. The predicted molar refractivity (Wildman–Crippen MR) is 105 cm³/mol. The lowest BCUT2D eigenvalue weighted by molar-refractivity contribution is 1.26. The molecule has 0 aliphatic rings. The summed E-state index contributed by atoms with van der Waals surface area (Å²) in [6, 6.07) is 20.7. The Bertz CT molecular complexity index is 807. The molecule has 0 fully saturated rings. The molecule has 0 atom stereocenters. The maximum absolute atomic E-state index is 6.55. The number of rotatable bonds is 3. The summed E-state index contributed by atoms with van der Waals surface area (Å²) in [5.74, 6) is 0. The fraction of sp³-hybridized carbons (Fsp3) is 0.143. The van der Waals surface area contributed by atoms with Gasteiger partial charge < -0.3 is 4.90 Å². The average Bonchev–Trinajstić information content (AvgIpc) is 2.55. The predicted octanol–water partition coefficient (Wildman–Crippen LogP) is 7.39. The van der Waals surface area contributed by atoms with Gasteiger partial charge in [-0.1, -0.05) is 58.6 Å². The molecule has 0 saturated carbocycles. The van der Waals surface area contributed by atoms with E-state index in [9.17, 15) is 0 Å². The highest BCUT2D eigenvalue weighted by Gasteiger charge is 2.17. The zero-order chi connectivity index (χ0) is 17.3. The van der Waals surface area contributed by atoms with Crippen LogP contribution in [0.3, 0.4) is 0 Å². The molecule has 0 amide bonds. The maximum Gasteiger partial charge on any atom is 0.0832 e. The Morgan fingerprint density at radius 1 is 0.625 bits per heavy atom. The Balaban J connectivity index is 2.22. The highest BCUT2D eigenvalue weighted by atomic mass is 35.5. The van der Waals surface area contributed by atoms with Gasteiger partial charge in [0.1, 0.15) is 0 Å². The van der Waals surface area contributed by atoms with Gasteiger partial charge in [-0.3, -0.25) is 0 Å². The van der Waals surface area contributed by atoms with Crippen molar-refractivity contribution in [2.45, 2.75) is 20.8 Å². The number of aryl methyl sites for hydroxylation is 3. The second-order valence-electron chi connectivity index (χ2n) is 6.09. The summed E-state index contributed by atoms with van der Waals surface area (Å²) >= 11 is 12.9. The maximum atomic E-state index is 6.55. The lowest BCUT2D eigenvalue weighted by atomic mass is 10.1. The molecule has 0 unspecified atom stereocenters. The summed E-state index contributed by atoms with van der Waals surface area (Å²) in [6.07, 6.45) is 0. The van der Waals surface area contributed by atoms with Crippen LogP contribution in [0.4, 0.5) is 17.1 Å². The van der Waals surface area contributed by atoms with Gasteiger partial charge in [0.05, 0.1) is 15.7 Å².